The van der Waals surface area contributed by atoms with Gasteiger partial charge < -0.3 is 17.1 Å². The maximum absolute atomic E-state index is 7.31. The second-order valence-corrected chi connectivity index (χ2v) is 2.68. The van der Waals surface area contributed by atoms with Crippen molar-refractivity contribution in [3.63, 3.8) is 0 Å². The van der Waals surface area contributed by atoms with E-state index in [-0.39, 0.29) is 29.6 Å². The predicted molar refractivity (Wildman–Crippen MR) is 48.6 cm³/mol. The van der Waals surface area contributed by atoms with Crippen LogP contribution >= 0.6 is 0 Å². The number of hydrogen-bond donors (Lipinski definition) is 0. The van der Waals surface area contributed by atoms with Crippen LogP contribution in [0.15, 0.2) is 0 Å². The van der Waals surface area contributed by atoms with Crippen LogP contribution in [0.1, 0.15) is 0 Å². The minimum absolute atomic E-state index is 0. The minimum Gasteiger partial charge on any atom is -0.479 e. The van der Waals surface area contributed by atoms with Gasteiger partial charge in [-0.05, 0) is 0 Å². The Labute approximate surface area is 103 Å². The van der Waals surface area contributed by atoms with Gasteiger partial charge in [-0.15, -0.1) is 0 Å². The first kappa shape index (κ1) is 13.4. The van der Waals surface area contributed by atoms with E-state index in [1.165, 1.54) is 0 Å². The first-order valence-corrected chi connectivity index (χ1v) is 4.39. The van der Waals surface area contributed by atoms with Gasteiger partial charge in [0.2, 0.25) is 0 Å². The predicted octanol–water partition coefficient (Wildman–Crippen LogP) is -0.802. The van der Waals surface area contributed by atoms with Crippen LogP contribution in [0.4, 0.5) is 0 Å². The van der Waals surface area contributed by atoms with Gasteiger partial charge in [0.05, 0.1) is 13.2 Å². The molecule has 0 aromatic rings. The first-order valence-electron chi connectivity index (χ1n) is 4.02. The third-order valence-electron chi connectivity index (χ3n) is 0.947. The van der Waals surface area contributed by atoms with E-state index in [4.69, 9.17) is 18.0 Å². The Morgan fingerprint density at radius 1 is 1.00 bits per heavy atom. The molecule has 6 heteroatoms. The zero-order valence-corrected chi connectivity index (χ0v) is 11.2. The summed E-state index contributed by atoms with van der Waals surface area (Å²) in [7, 11) is 3.19. The van der Waals surface area contributed by atoms with Crippen LogP contribution in [0.3, 0.4) is 0 Å². The maximum atomic E-state index is 7.31. The molecule has 0 N–H and O–H groups in total. The van der Waals surface area contributed by atoms with E-state index in [2.05, 4.69) is 0 Å². The van der Waals surface area contributed by atoms with Crippen molar-refractivity contribution in [2.45, 2.75) is 0 Å². The zero-order valence-electron chi connectivity index (χ0n) is 9.04. The van der Waals surface area contributed by atoms with E-state index in [0.29, 0.717) is 26.4 Å². The standard InChI is InChI=1S/2C3H7O2.Al.Na.H/c2*1-5-3-2-4;;;/h2*2-3H2,1H3;;;/q2*-1;+2;;/i;;;;1+1. The van der Waals surface area contributed by atoms with Gasteiger partial charge >= 0.3 is 15.8 Å². The molecule has 12 heavy (non-hydrogen) atoms. The van der Waals surface area contributed by atoms with Gasteiger partial charge in [-0.2, -0.15) is 0 Å². The smallest absolute Gasteiger partial charge is 0.479 e. The summed E-state index contributed by atoms with van der Waals surface area (Å²) in [5.41, 5.74) is 0. The second-order valence-electron chi connectivity index (χ2n) is 1.82. The van der Waals surface area contributed by atoms with Gasteiger partial charge in [0.1, 0.15) is 0 Å². The van der Waals surface area contributed by atoms with E-state index in [1.54, 1.807) is 14.2 Å². The molecule has 0 heterocycles. The van der Waals surface area contributed by atoms with Crippen LogP contribution in [0.2, 0.25) is 0 Å². The molecule has 0 unspecified atom stereocenters. The number of rotatable bonds is 8. The summed E-state index contributed by atoms with van der Waals surface area (Å²) in [6, 6.07) is 0. The topological polar surface area (TPSA) is 36.9 Å². The van der Waals surface area contributed by atoms with Crippen molar-refractivity contribution >= 4 is 45.3 Å². The fourth-order valence-corrected chi connectivity index (χ4v) is 0.888. The SMILES string of the molecule is [2H][Al]([O]CCOC)[O]CCOC.[Na]. The summed E-state index contributed by atoms with van der Waals surface area (Å²) in [4.78, 5) is 0. The Morgan fingerprint density at radius 3 is 1.75 bits per heavy atom. The maximum Gasteiger partial charge on any atom is 0.649 e. The van der Waals surface area contributed by atoms with E-state index in [9.17, 15) is 0 Å². The van der Waals surface area contributed by atoms with Gasteiger partial charge in [-0.25, -0.2) is 0 Å². The Morgan fingerprint density at radius 2 is 1.42 bits per heavy atom. The zero-order chi connectivity index (χ0) is 9.23. The van der Waals surface area contributed by atoms with Crippen LogP contribution in [0.25, 0.3) is 0 Å². The Kier molecular flexibility index (Phi) is 16.6. The fraction of sp³-hybridized carbons (Fsp3) is 1.00. The van der Waals surface area contributed by atoms with Gasteiger partial charge in [0.15, 0.2) is 0 Å². The van der Waals surface area contributed by atoms with Crippen LogP contribution in [0.5, 0.6) is 0 Å². The molecule has 0 spiro atoms. The molecule has 0 amide bonds. The number of ether oxygens (including phenoxy) is 2. The largest absolute Gasteiger partial charge is 0.649 e. The van der Waals surface area contributed by atoms with Crippen LogP contribution in [0, 0.1) is 0 Å². The summed E-state index contributed by atoms with van der Waals surface area (Å²) in [6.45, 7) is 1.89. The van der Waals surface area contributed by atoms with Gasteiger partial charge in [-0.1, -0.05) is 0 Å². The fourth-order valence-electron chi connectivity index (χ4n) is 0.407. The molecule has 0 aliphatic rings. The second kappa shape index (κ2) is 14.9. The van der Waals surface area contributed by atoms with Crippen LogP contribution < -0.4 is 0 Å². The summed E-state index contributed by atoms with van der Waals surface area (Å²) >= 11 is -2.18. The van der Waals surface area contributed by atoms with Crippen molar-refractivity contribution in [2.24, 2.45) is 0 Å². The summed E-state index contributed by atoms with van der Waals surface area (Å²) in [6.07, 6.45) is 0. The first-order chi connectivity index (χ1) is 5.81. The van der Waals surface area contributed by atoms with Gasteiger partial charge in [0.25, 0.3) is 0 Å². The Bertz CT molecular complexity index is 90.7. The molecule has 0 aromatic heterocycles. The van der Waals surface area contributed by atoms with E-state index >= 15 is 0 Å². The van der Waals surface area contributed by atoms with E-state index in [0.717, 1.165) is 0 Å². The molecule has 0 aliphatic heterocycles. The van der Waals surface area contributed by atoms with Crippen LogP contribution in [-0.2, 0) is 17.1 Å². The summed E-state index contributed by atoms with van der Waals surface area (Å²) in [5, 5.41) is 0. The molecule has 0 rings (SSSR count). The monoisotopic (exact) mass is 202 g/mol. The van der Waals surface area contributed by atoms with Gasteiger partial charge in [0, 0.05) is 57.9 Å². The molecule has 1 radical (unpaired) electrons. The minimum atomic E-state index is -2.18. The summed E-state index contributed by atoms with van der Waals surface area (Å²) < 4.78 is 26.9. The molecular weight excluding hydrogens is 186 g/mol. The van der Waals surface area contributed by atoms with E-state index < -0.39 is 15.8 Å². The number of hydrogen-bond acceptors (Lipinski definition) is 4. The van der Waals surface area contributed by atoms with Crippen molar-refractivity contribution < 1.29 is 17.1 Å². The molecule has 4 nitrogen and oxygen atoms in total. The quantitative estimate of drug-likeness (QED) is 0.381. The Hall–Kier alpha value is 1.37. The van der Waals surface area contributed by atoms with Crippen molar-refractivity contribution in [2.75, 3.05) is 40.6 Å². The molecule has 0 fully saturated rings. The van der Waals surface area contributed by atoms with Gasteiger partial charge in [-0.3, -0.25) is 0 Å². The summed E-state index contributed by atoms with van der Waals surface area (Å²) in [5.74, 6) is 0. The third kappa shape index (κ3) is 13.9. The van der Waals surface area contributed by atoms with E-state index in [1.807, 2.05) is 0 Å². The van der Waals surface area contributed by atoms with Crippen molar-refractivity contribution in [3.8, 4) is 0 Å². The average molecular weight is 202 g/mol. The number of methoxy groups -OCH3 is 2. The molecule has 0 bridgehead atoms. The average Bonchev–Trinajstić information content (AvgIpc) is 2.06. The molecule has 0 saturated heterocycles. The molecule has 0 saturated carbocycles. The molecule has 67 valence electrons. The molecule has 0 aliphatic carbocycles. The third-order valence-corrected chi connectivity index (χ3v) is 1.69. The molecule has 0 aromatic carbocycles. The van der Waals surface area contributed by atoms with Crippen molar-refractivity contribution in [1.29, 1.82) is 0.939 Å². The Balaban J connectivity index is 0. The molecule has 0 atom stereocenters. The van der Waals surface area contributed by atoms with Crippen LogP contribution in [-0.4, -0.2) is 86.9 Å². The van der Waals surface area contributed by atoms with Crippen molar-refractivity contribution in [3.05, 3.63) is 0 Å². The van der Waals surface area contributed by atoms with Crippen molar-refractivity contribution in [1.82, 2.24) is 0 Å². The molecular formula is C6H15AlNaO4. The normalized spacial score (nSPS) is 10.3.